The molecule has 4 rings (SSSR count). The standard InChI is InChI=1S/C27H25N3O3S/c1-16-8-7-9-17(2)24(16)30-26(33)22-10-5-6-11-23(22)29-27(30)34-19(4)25(32)28-21-14-12-20(13-15-21)18(3)31/h5-15,19H,1-4H3,(H,28,32). The van der Waals surface area contributed by atoms with Gasteiger partial charge in [0.2, 0.25) is 5.91 Å². The molecule has 1 heterocycles. The molecule has 1 aromatic heterocycles. The number of ketones is 1. The smallest absolute Gasteiger partial charge is 0.266 e. The summed E-state index contributed by atoms with van der Waals surface area (Å²) in [6.07, 6.45) is 0. The third kappa shape index (κ3) is 4.65. The van der Waals surface area contributed by atoms with Gasteiger partial charge in [-0.15, -0.1) is 0 Å². The minimum absolute atomic E-state index is 0.0337. The van der Waals surface area contributed by atoms with E-state index >= 15 is 0 Å². The molecule has 6 nitrogen and oxygen atoms in total. The first kappa shape index (κ1) is 23.4. The summed E-state index contributed by atoms with van der Waals surface area (Å²) < 4.78 is 1.61. The fourth-order valence-electron chi connectivity index (χ4n) is 3.79. The fourth-order valence-corrected chi connectivity index (χ4v) is 4.70. The summed E-state index contributed by atoms with van der Waals surface area (Å²) in [5.74, 6) is -0.260. The molecule has 34 heavy (non-hydrogen) atoms. The van der Waals surface area contributed by atoms with E-state index in [4.69, 9.17) is 4.98 Å². The molecule has 0 aliphatic rings. The molecule has 1 unspecified atom stereocenters. The number of aryl methyl sites for hydroxylation is 2. The number of amides is 1. The van der Waals surface area contributed by atoms with E-state index in [1.54, 1.807) is 47.9 Å². The number of anilines is 1. The molecular formula is C27H25N3O3S. The summed E-state index contributed by atoms with van der Waals surface area (Å²) in [5, 5.41) is 3.32. The zero-order valence-corrected chi connectivity index (χ0v) is 20.3. The highest BCUT2D eigenvalue weighted by Gasteiger charge is 2.22. The number of rotatable bonds is 6. The number of thioether (sulfide) groups is 1. The lowest BCUT2D eigenvalue weighted by molar-refractivity contribution is -0.115. The van der Waals surface area contributed by atoms with Crippen molar-refractivity contribution in [2.45, 2.75) is 38.1 Å². The van der Waals surface area contributed by atoms with Gasteiger partial charge in [-0.3, -0.25) is 19.0 Å². The normalized spacial score (nSPS) is 11.9. The molecule has 0 fully saturated rings. The van der Waals surface area contributed by atoms with Crippen molar-refractivity contribution in [1.82, 2.24) is 9.55 Å². The number of benzene rings is 3. The largest absolute Gasteiger partial charge is 0.325 e. The van der Waals surface area contributed by atoms with Gasteiger partial charge in [0.1, 0.15) is 0 Å². The Labute approximate surface area is 202 Å². The van der Waals surface area contributed by atoms with Crippen LogP contribution in [0.1, 0.15) is 35.3 Å². The second kappa shape index (κ2) is 9.65. The van der Waals surface area contributed by atoms with E-state index in [2.05, 4.69) is 5.32 Å². The van der Waals surface area contributed by atoms with Crippen molar-refractivity contribution in [1.29, 1.82) is 0 Å². The molecule has 0 aliphatic carbocycles. The van der Waals surface area contributed by atoms with Crippen LogP contribution >= 0.6 is 11.8 Å². The third-order valence-corrected chi connectivity index (χ3v) is 6.67. The van der Waals surface area contributed by atoms with Crippen LogP contribution in [0.4, 0.5) is 5.69 Å². The van der Waals surface area contributed by atoms with Crippen LogP contribution in [0.3, 0.4) is 0 Å². The summed E-state index contributed by atoms with van der Waals surface area (Å²) in [6, 6.07) is 19.9. The Bertz CT molecular complexity index is 1440. The molecular weight excluding hydrogens is 446 g/mol. The molecule has 0 bridgehead atoms. The number of carbonyl (C=O) groups excluding carboxylic acids is 2. The van der Waals surface area contributed by atoms with Crippen LogP contribution in [0.2, 0.25) is 0 Å². The third-order valence-electron chi connectivity index (χ3n) is 5.62. The summed E-state index contributed by atoms with van der Waals surface area (Å²) in [5.41, 5.74) is 4.27. The molecule has 7 heteroatoms. The van der Waals surface area contributed by atoms with Crippen molar-refractivity contribution in [3.63, 3.8) is 0 Å². The molecule has 0 saturated carbocycles. The van der Waals surface area contributed by atoms with Gasteiger partial charge in [0.15, 0.2) is 10.9 Å². The quantitative estimate of drug-likeness (QED) is 0.234. The van der Waals surface area contributed by atoms with Crippen LogP contribution in [-0.4, -0.2) is 26.5 Å². The first-order valence-corrected chi connectivity index (χ1v) is 11.8. The summed E-state index contributed by atoms with van der Waals surface area (Å²) in [4.78, 5) is 42.8. The van der Waals surface area contributed by atoms with Gasteiger partial charge in [-0.1, -0.05) is 42.1 Å². The number of fused-ring (bicyclic) bond motifs is 1. The van der Waals surface area contributed by atoms with Gasteiger partial charge in [0.05, 0.1) is 21.8 Å². The number of nitrogens with zero attached hydrogens (tertiary/aromatic N) is 2. The SMILES string of the molecule is CC(=O)c1ccc(NC(=O)C(C)Sc2nc3ccccc3c(=O)n2-c2c(C)cccc2C)cc1. The predicted molar refractivity (Wildman–Crippen MR) is 137 cm³/mol. The zero-order chi connectivity index (χ0) is 24.4. The maximum Gasteiger partial charge on any atom is 0.266 e. The Balaban J connectivity index is 1.71. The Kier molecular flexibility index (Phi) is 6.65. The number of nitrogens with one attached hydrogen (secondary N) is 1. The molecule has 1 amide bonds. The summed E-state index contributed by atoms with van der Waals surface area (Å²) >= 11 is 1.23. The summed E-state index contributed by atoms with van der Waals surface area (Å²) in [7, 11) is 0. The maximum atomic E-state index is 13.6. The van der Waals surface area contributed by atoms with Crippen molar-refractivity contribution in [3.05, 3.63) is 93.8 Å². The van der Waals surface area contributed by atoms with Gasteiger partial charge in [-0.2, -0.15) is 0 Å². The molecule has 1 N–H and O–H groups in total. The van der Waals surface area contributed by atoms with Gasteiger partial charge < -0.3 is 5.32 Å². The predicted octanol–water partition coefficient (Wildman–Crippen LogP) is 5.32. The molecule has 3 aromatic carbocycles. The molecule has 0 aliphatic heterocycles. The first-order chi connectivity index (χ1) is 16.3. The second-order valence-corrected chi connectivity index (χ2v) is 9.48. The highest BCUT2D eigenvalue weighted by molar-refractivity contribution is 8.00. The van der Waals surface area contributed by atoms with Gasteiger partial charge in [-0.25, -0.2) is 4.98 Å². The Morgan fingerprint density at radius 1 is 0.941 bits per heavy atom. The summed E-state index contributed by atoms with van der Waals surface area (Å²) in [6.45, 7) is 7.19. The Morgan fingerprint density at radius 3 is 2.24 bits per heavy atom. The van der Waals surface area contributed by atoms with Crippen molar-refractivity contribution in [2.75, 3.05) is 5.32 Å². The monoisotopic (exact) mass is 471 g/mol. The first-order valence-electron chi connectivity index (χ1n) is 10.9. The van der Waals surface area contributed by atoms with E-state index in [1.807, 2.05) is 44.2 Å². The van der Waals surface area contributed by atoms with Crippen LogP contribution in [-0.2, 0) is 4.79 Å². The van der Waals surface area contributed by atoms with Crippen molar-refractivity contribution < 1.29 is 9.59 Å². The van der Waals surface area contributed by atoms with E-state index in [0.29, 0.717) is 27.3 Å². The number of hydrogen-bond donors (Lipinski definition) is 1. The minimum atomic E-state index is -0.531. The molecule has 1 atom stereocenters. The number of aromatic nitrogens is 2. The van der Waals surface area contributed by atoms with E-state index in [-0.39, 0.29) is 17.2 Å². The number of para-hydroxylation sites is 2. The lowest BCUT2D eigenvalue weighted by Gasteiger charge is -2.19. The number of Topliss-reactive ketones (excluding diaryl/α,β-unsaturated/α-hetero) is 1. The highest BCUT2D eigenvalue weighted by atomic mass is 32.2. The van der Waals surface area contributed by atoms with Crippen LogP contribution in [0, 0.1) is 13.8 Å². The topological polar surface area (TPSA) is 81.1 Å². The molecule has 0 radical (unpaired) electrons. The lowest BCUT2D eigenvalue weighted by atomic mass is 10.1. The molecule has 4 aromatic rings. The van der Waals surface area contributed by atoms with E-state index in [0.717, 1.165) is 16.8 Å². The fraction of sp³-hybridized carbons (Fsp3) is 0.185. The minimum Gasteiger partial charge on any atom is -0.325 e. The van der Waals surface area contributed by atoms with E-state index in [1.165, 1.54) is 18.7 Å². The molecule has 172 valence electrons. The maximum absolute atomic E-state index is 13.6. The van der Waals surface area contributed by atoms with Crippen LogP contribution in [0.5, 0.6) is 0 Å². The van der Waals surface area contributed by atoms with Gasteiger partial charge in [0, 0.05) is 11.3 Å². The van der Waals surface area contributed by atoms with Crippen molar-refractivity contribution in [2.24, 2.45) is 0 Å². The van der Waals surface area contributed by atoms with Gasteiger partial charge in [0.25, 0.3) is 5.56 Å². The van der Waals surface area contributed by atoms with E-state index < -0.39 is 5.25 Å². The number of carbonyl (C=O) groups is 2. The van der Waals surface area contributed by atoms with E-state index in [9.17, 15) is 14.4 Å². The van der Waals surface area contributed by atoms with Crippen LogP contribution in [0.15, 0.2) is 76.7 Å². The van der Waals surface area contributed by atoms with Gasteiger partial charge in [-0.05, 0) is 75.2 Å². The average molecular weight is 472 g/mol. The number of hydrogen-bond acceptors (Lipinski definition) is 5. The van der Waals surface area contributed by atoms with Gasteiger partial charge >= 0.3 is 0 Å². The lowest BCUT2D eigenvalue weighted by Crippen LogP contribution is -2.27. The van der Waals surface area contributed by atoms with Crippen molar-refractivity contribution >= 4 is 40.0 Å². The second-order valence-electron chi connectivity index (χ2n) is 8.18. The average Bonchev–Trinajstić information content (AvgIpc) is 2.81. The molecule has 0 saturated heterocycles. The van der Waals surface area contributed by atoms with Crippen LogP contribution < -0.4 is 10.9 Å². The van der Waals surface area contributed by atoms with Crippen molar-refractivity contribution in [3.8, 4) is 5.69 Å². The van der Waals surface area contributed by atoms with Crippen LogP contribution in [0.25, 0.3) is 16.6 Å². The Hall–Kier alpha value is -3.71. The Morgan fingerprint density at radius 2 is 1.59 bits per heavy atom. The highest BCUT2D eigenvalue weighted by Crippen LogP contribution is 2.28. The zero-order valence-electron chi connectivity index (χ0n) is 19.5. The molecule has 0 spiro atoms.